The molecule has 4 rings (SSSR count). The van der Waals surface area contributed by atoms with Gasteiger partial charge in [-0.3, -0.25) is 9.59 Å². The number of likely N-dealkylation sites (tertiary alicyclic amines) is 1. The topological polar surface area (TPSA) is 58.6 Å². The molecule has 0 spiro atoms. The number of ether oxygens (including phenoxy) is 1. The molecule has 2 fully saturated rings. The minimum absolute atomic E-state index is 0.106. The Balaban J connectivity index is 1.35. The van der Waals surface area contributed by atoms with Gasteiger partial charge in [-0.25, -0.2) is 0 Å². The van der Waals surface area contributed by atoms with Crippen molar-refractivity contribution in [1.82, 2.24) is 4.90 Å². The molecular weight excluding hydrogens is 452 g/mol. The third-order valence-electron chi connectivity index (χ3n) is 5.23. The van der Waals surface area contributed by atoms with Gasteiger partial charge in [0.1, 0.15) is 5.75 Å². The lowest BCUT2D eigenvalue weighted by Crippen LogP contribution is -2.29. The predicted octanol–water partition coefficient (Wildman–Crippen LogP) is 5.46. The van der Waals surface area contributed by atoms with Crippen molar-refractivity contribution in [2.75, 3.05) is 36.5 Å². The van der Waals surface area contributed by atoms with Gasteiger partial charge in [0.25, 0.3) is 11.8 Å². The summed E-state index contributed by atoms with van der Waals surface area (Å²) in [4.78, 5) is 27.1. The smallest absolute Gasteiger partial charge is 0.262 e. The lowest BCUT2D eigenvalue weighted by atomic mass is 10.1. The second kappa shape index (κ2) is 10.7. The van der Waals surface area contributed by atoms with E-state index in [2.05, 4.69) is 17.4 Å². The molecule has 2 heterocycles. The number of halogens is 1. The Hall–Kier alpha value is -1.83. The number of anilines is 1. The summed E-state index contributed by atoms with van der Waals surface area (Å²) in [7, 11) is 0. The Labute approximate surface area is 196 Å². The van der Waals surface area contributed by atoms with Gasteiger partial charge in [-0.1, -0.05) is 23.7 Å². The van der Waals surface area contributed by atoms with Crippen molar-refractivity contribution in [2.24, 2.45) is 0 Å². The number of hydrogen-bond acceptors (Lipinski definition) is 5. The molecule has 2 aliphatic heterocycles. The van der Waals surface area contributed by atoms with Crippen molar-refractivity contribution in [3.63, 3.8) is 0 Å². The van der Waals surface area contributed by atoms with Crippen molar-refractivity contribution >= 4 is 52.6 Å². The zero-order valence-electron chi connectivity index (χ0n) is 17.1. The fraction of sp³-hybridized carbons (Fsp3) is 0.391. The molecule has 31 heavy (non-hydrogen) atoms. The van der Waals surface area contributed by atoms with Gasteiger partial charge in [-0.05, 0) is 66.7 Å². The first kappa shape index (κ1) is 22.4. The van der Waals surface area contributed by atoms with Crippen LogP contribution in [0.3, 0.4) is 0 Å². The van der Waals surface area contributed by atoms with Crippen molar-refractivity contribution in [3.05, 3.63) is 58.6 Å². The van der Waals surface area contributed by atoms with E-state index in [9.17, 15) is 9.59 Å². The van der Waals surface area contributed by atoms with Crippen LogP contribution in [-0.2, 0) is 4.79 Å². The Kier molecular flexibility index (Phi) is 7.69. The minimum Gasteiger partial charge on any atom is -0.484 e. The quantitative estimate of drug-likeness (QED) is 0.599. The van der Waals surface area contributed by atoms with E-state index in [1.165, 1.54) is 23.5 Å². The van der Waals surface area contributed by atoms with Gasteiger partial charge in [0.15, 0.2) is 6.61 Å². The molecule has 0 radical (unpaired) electrons. The average molecular weight is 477 g/mol. The van der Waals surface area contributed by atoms with Crippen molar-refractivity contribution < 1.29 is 14.3 Å². The fourth-order valence-corrected chi connectivity index (χ4v) is 6.70. The molecule has 2 saturated heterocycles. The third-order valence-corrected chi connectivity index (χ3v) is 8.48. The molecule has 2 aliphatic rings. The molecule has 164 valence electrons. The standard InChI is InChI=1S/C23H25ClN2O3S2/c24-17-6-9-20(19(14-17)22(28)26-10-1-2-11-26)25-21(27)15-29-18-7-4-16(5-8-18)23-30-12-3-13-31-23/h4-9,14,23H,1-3,10-13,15H2,(H,25,27). The van der Waals surface area contributed by atoms with Crippen LogP contribution in [0, 0.1) is 0 Å². The molecular formula is C23H25ClN2O3S2. The maximum Gasteiger partial charge on any atom is 0.262 e. The van der Waals surface area contributed by atoms with Crippen LogP contribution in [0.1, 0.15) is 39.8 Å². The number of nitrogens with zero attached hydrogens (tertiary/aromatic N) is 1. The highest BCUT2D eigenvalue weighted by atomic mass is 35.5. The molecule has 0 atom stereocenters. The Bertz CT molecular complexity index is 927. The van der Waals surface area contributed by atoms with Crippen LogP contribution in [0.15, 0.2) is 42.5 Å². The van der Waals surface area contributed by atoms with Crippen LogP contribution >= 0.6 is 35.1 Å². The first-order valence-electron chi connectivity index (χ1n) is 10.4. The number of hydrogen-bond donors (Lipinski definition) is 1. The summed E-state index contributed by atoms with van der Waals surface area (Å²) >= 11 is 10.0. The molecule has 5 nitrogen and oxygen atoms in total. The zero-order chi connectivity index (χ0) is 21.6. The van der Waals surface area contributed by atoms with Gasteiger partial charge < -0.3 is 15.0 Å². The second-order valence-electron chi connectivity index (χ2n) is 7.52. The van der Waals surface area contributed by atoms with Crippen LogP contribution in [0.4, 0.5) is 5.69 Å². The van der Waals surface area contributed by atoms with E-state index in [-0.39, 0.29) is 18.4 Å². The average Bonchev–Trinajstić information content (AvgIpc) is 3.34. The maximum absolute atomic E-state index is 12.8. The zero-order valence-corrected chi connectivity index (χ0v) is 19.5. The molecule has 2 aromatic carbocycles. The number of benzene rings is 2. The highest BCUT2D eigenvalue weighted by Crippen LogP contribution is 2.43. The number of carbonyl (C=O) groups excluding carboxylic acids is 2. The van der Waals surface area contributed by atoms with Crippen LogP contribution in [0.2, 0.25) is 5.02 Å². The lowest BCUT2D eigenvalue weighted by Gasteiger charge is -2.21. The molecule has 0 aliphatic carbocycles. The number of carbonyl (C=O) groups is 2. The van der Waals surface area contributed by atoms with E-state index in [0.717, 1.165) is 25.9 Å². The second-order valence-corrected chi connectivity index (χ2v) is 10.7. The van der Waals surface area contributed by atoms with E-state index in [0.29, 0.717) is 26.6 Å². The van der Waals surface area contributed by atoms with Gasteiger partial charge in [-0.15, -0.1) is 23.5 Å². The third kappa shape index (κ3) is 5.90. The van der Waals surface area contributed by atoms with Crippen LogP contribution in [0.25, 0.3) is 0 Å². The van der Waals surface area contributed by atoms with E-state index in [1.807, 2.05) is 35.7 Å². The molecule has 0 saturated carbocycles. The molecule has 0 aromatic heterocycles. The number of amides is 2. The Morgan fingerprint density at radius 3 is 2.45 bits per heavy atom. The summed E-state index contributed by atoms with van der Waals surface area (Å²) in [6.07, 6.45) is 3.26. The molecule has 0 unspecified atom stereocenters. The first-order valence-corrected chi connectivity index (χ1v) is 12.9. The van der Waals surface area contributed by atoms with Gasteiger partial charge >= 0.3 is 0 Å². The maximum atomic E-state index is 12.8. The van der Waals surface area contributed by atoms with Crippen molar-refractivity contribution in [3.8, 4) is 5.75 Å². The number of thioether (sulfide) groups is 2. The van der Waals surface area contributed by atoms with Crippen LogP contribution in [0.5, 0.6) is 5.75 Å². The summed E-state index contributed by atoms with van der Waals surface area (Å²) in [6, 6.07) is 12.9. The van der Waals surface area contributed by atoms with Crippen LogP contribution < -0.4 is 10.1 Å². The van der Waals surface area contributed by atoms with Gasteiger partial charge in [-0.2, -0.15) is 0 Å². The first-order chi connectivity index (χ1) is 15.1. The lowest BCUT2D eigenvalue weighted by molar-refractivity contribution is -0.118. The molecule has 2 aromatic rings. The highest BCUT2D eigenvalue weighted by molar-refractivity contribution is 8.16. The molecule has 8 heteroatoms. The van der Waals surface area contributed by atoms with Gasteiger partial charge in [0.2, 0.25) is 0 Å². The highest BCUT2D eigenvalue weighted by Gasteiger charge is 2.23. The minimum atomic E-state index is -0.319. The molecule has 2 amide bonds. The van der Waals surface area contributed by atoms with E-state index in [4.69, 9.17) is 16.3 Å². The van der Waals surface area contributed by atoms with E-state index < -0.39 is 0 Å². The van der Waals surface area contributed by atoms with Crippen molar-refractivity contribution in [2.45, 2.75) is 23.8 Å². The van der Waals surface area contributed by atoms with Gasteiger partial charge in [0.05, 0.1) is 15.8 Å². The monoisotopic (exact) mass is 476 g/mol. The summed E-state index contributed by atoms with van der Waals surface area (Å²) in [5.41, 5.74) is 2.14. The summed E-state index contributed by atoms with van der Waals surface area (Å²) in [6.45, 7) is 1.33. The normalized spacial score (nSPS) is 16.9. The molecule has 0 bridgehead atoms. The largest absolute Gasteiger partial charge is 0.484 e. The fourth-order valence-electron chi connectivity index (χ4n) is 3.63. The van der Waals surface area contributed by atoms with Gasteiger partial charge in [0, 0.05) is 18.1 Å². The molecule has 1 N–H and O–H groups in total. The summed E-state index contributed by atoms with van der Waals surface area (Å²) in [5, 5.41) is 3.26. The van der Waals surface area contributed by atoms with Crippen molar-refractivity contribution in [1.29, 1.82) is 0 Å². The van der Waals surface area contributed by atoms with Crippen LogP contribution in [-0.4, -0.2) is 47.9 Å². The summed E-state index contributed by atoms with van der Waals surface area (Å²) < 4.78 is 6.13. The Morgan fingerprint density at radius 1 is 1.03 bits per heavy atom. The number of nitrogens with one attached hydrogen (secondary N) is 1. The van der Waals surface area contributed by atoms with E-state index in [1.54, 1.807) is 23.1 Å². The Morgan fingerprint density at radius 2 is 1.74 bits per heavy atom. The predicted molar refractivity (Wildman–Crippen MR) is 129 cm³/mol. The SMILES string of the molecule is O=C(COc1ccc(C2SCCCS2)cc1)Nc1ccc(Cl)cc1C(=O)N1CCCC1. The summed E-state index contributed by atoms with van der Waals surface area (Å²) in [5.74, 6) is 2.62. The number of rotatable bonds is 6. The van der Waals surface area contributed by atoms with E-state index >= 15 is 0 Å².